The molecule has 1 fully saturated rings. The van der Waals surface area contributed by atoms with E-state index in [9.17, 15) is 9.59 Å². The Bertz CT molecular complexity index is 974. The highest BCUT2D eigenvalue weighted by Gasteiger charge is 2.37. The summed E-state index contributed by atoms with van der Waals surface area (Å²) in [6.45, 7) is 1.47. The van der Waals surface area contributed by atoms with Gasteiger partial charge in [-0.2, -0.15) is 0 Å². The molecule has 2 aromatic rings. The third-order valence-corrected chi connectivity index (χ3v) is 7.66. The molecule has 0 heterocycles. The summed E-state index contributed by atoms with van der Waals surface area (Å²) in [5.41, 5.74) is 2.48. The fourth-order valence-corrected chi connectivity index (χ4v) is 5.29. The molecule has 0 bridgehead atoms. The molecule has 2 aromatic carbocycles. The Hall–Kier alpha value is -2.57. The lowest BCUT2D eigenvalue weighted by Crippen LogP contribution is -2.52. The van der Waals surface area contributed by atoms with Crippen molar-refractivity contribution in [1.29, 1.82) is 0 Å². The molecule has 3 rings (SSSR count). The standard InChI is InChI=1S/C29H41ClN4O2/c1-33(2)29(22-23-9-7-10-24(30)21-23)17-15-25(16-18-29)32-28(36)14-13-27(35)31-19-8-20-34(3)26-11-5-4-6-12-26/h4-7,9-12,21,25H,8,13-20,22H2,1-3H3,(H,31,35)(H,32,36). The van der Waals surface area contributed by atoms with Crippen LogP contribution in [0.15, 0.2) is 54.6 Å². The number of carbonyl (C=O) groups excluding carboxylic acids is 2. The highest BCUT2D eigenvalue weighted by molar-refractivity contribution is 6.30. The molecule has 1 aliphatic rings. The molecule has 1 saturated carbocycles. The average molecular weight is 513 g/mol. The molecule has 0 unspecified atom stereocenters. The Morgan fingerprint density at radius 2 is 1.67 bits per heavy atom. The maximum Gasteiger partial charge on any atom is 0.220 e. The van der Waals surface area contributed by atoms with Crippen LogP contribution in [-0.2, 0) is 16.0 Å². The number of nitrogens with one attached hydrogen (secondary N) is 2. The van der Waals surface area contributed by atoms with Crippen molar-refractivity contribution < 1.29 is 9.59 Å². The van der Waals surface area contributed by atoms with Gasteiger partial charge in [-0.1, -0.05) is 41.9 Å². The lowest BCUT2D eigenvalue weighted by Gasteiger charge is -2.45. The Labute approximate surface area is 221 Å². The molecule has 6 nitrogen and oxygen atoms in total. The monoisotopic (exact) mass is 512 g/mol. The first-order chi connectivity index (χ1) is 17.3. The van der Waals surface area contributed by atoms with Crippen LogP contribution in [0.1, 0.15) is 50.5 Å². The highest BCUT2D eigenvalue weighted by atomic mass is 35.5. The molecule has 1 aliphatic carbocycles. The smallest absolute Gasteiger partial charge is 0.220 e. The van der Waals surface area contributed by atoms with Crippen molar-refractivity contribution in [3.05, 3.63) is 65.2 Å². The first-order valence-electron chi connectivity index (χ1n) is 13.0. The molecule has 0 aromatic heterocycles. The minimum atomic E-state index is -0.0655. The van der Waals surface area contributed by atoms with Crippen LogP contribution in [0.4, 0.5) is 5.69 Å². The summed E-state index contributed by atoms with van der Waals surface area (Å²) in [4.78, 5) is 29.2. The number of benzene rings is 2. The first-order valence-corrected chi connectivity index (χ1v) is 13.4. The molecule has 36 heavy (non-hydrogen) atoms. The van der Waals surface area contributed by atoms with Crippen LogP contribution in [0.5, 0.6) is 0 Å². The van der Waals surface area contributed by atoms with Gasteiger partial charge in [0.2, 0.25) is 11.8 Å². The zero-order chi connectivity index (χ0) is 26.0. The van der Waals surface area contributed by atoms with Crippen molar-refractivity contribution in [3.63, 3.8) is 0 Å². The zero-order valence-electron chi connectivity index (χ0n) is 21.9. The summed E-state index contributed by atoms with van der Waals surface area (Å²) >= 11 is 6.20. The van der Waals surface area contributed by atoms with E-state index >= 15 is 0 Å². The number of amides is 2. The number of para-hydroxylation sites is 1. The first kappa shape index (κ1) is 28.0. The average Bonchev–Trinajstić information content (AvgIpc) is 2.87. The second-order valence-electron chi connectivity index (χ2n) is 10.2. The van der Waals surface area contributed by atoms with Crippen molar-refractivity contribution in [1.82, 2.24) is 15.5 Å². The van der Waals surface area contributed by atoms with Gasteiger partial charge >= 0.3 is 0 Å². The predicted molar refractivity (Wildman–Crippen MR) is 149 cm³/mol. The topological polar surface area (TPSA) is 64.7 Å². The van der Waals surface area contributed by atoms with Crippen LogP contribution in [0.2, 0.25) is 5.02 Å². The van der Waals surface area contributed by atoms with E-state index in [1.54, 1.807) is 0 Å². The van der Waals surface area contributed by atoms with Gasteiger partial charge < -0.3 is 20.4 Å². The largest absolute Gasteiger partial charge is 0.375 e. The Balaban J connectivity index is 1.33. The molecule has 0 atom stereocenters. The van der Waals surface area contributed by atoms with Crippen LogP contribution in [0.25, 0.3) is 0 Å². The SMILES string of the molecule is CN(CCCNC(=O)CCC(=O)NC1CCC(Cc2cccc(Cl)c2)(N(C)C)CC1)c1ccccc1. The second kappa shape index (κ2) is 13.7. The summed E-state index contributed by atoms with van der Waals surface area (Å²) < 4.78 is 0. The Morgan fingerprint density at radius 3 is 2.33 bits per heavy atom. The lowest BCUT2D eigenvalue weighted by molar-refractivity contribution is -0.127. The number of hydrogen-bond donors (Lipinski definition) is 2. The number of halogens is 1. The van der Waals surface area contributed by atoms with Crippen LogP contribution in [-0.4, -0.2) is 62.5 Å². The molecular weight excluding hydrogens is 472 g/mol. The van der Waals surface area contributed by atoms with Gasteiger partial charge in [-0.3, -0.25) is 9.59 Å². The number of hydrogen-bond acceptors (Lipinski definition) is 4. The zero-order valence-corrected chi connectivity index (χ0v) is 22.7. The third kappa shape index (κ3) is 8.52. The normalized spacial score (nSPS) is 19.6. The number of anilines is 1. The van der Waals surface area contributed by atoms with Crippen molar-refractivity contribution in [2.24, 2.45) is 0 Å². The van der Waals surface area contributed by atoms with Crippen molar-refractivity contribution >= 4 is 29.1 Å². The van der Waals surface area contributed by atoms with E-state index in [2.05, 4.69) is 52.7 Å². The Kier molecular flexibility index (Phi) is 10.6. The van der Waals surface area contributed by atoms with Crippen LogP contribution in [0, 0.1) is 0 Å². The van der Waals surface area contributed by atoms with Gasteiger partial charge in [0.15, 0.2) is 0 Å². The van der Waals surface area contributed by atoms with Crippen LogP contribution >= 0.6 is 11.6 Å². The van der Waals surface area contributed by atoms with E-state index in [1.165, 1.54) is 5.56 Å². The maximum absolute atomic E-state index is 12.5. The molecule has 2 N–H and O–H groups in total. The van der Waals surface area contributed by atoms with E-state index in [1.807, 2.05) is 43.4 Å². The highest BCUT2D eigenvalue weighted by Crippen LogP contribution is 2.36. The van der Waals surface area contributed by atoms with Crippen molar-refractivity contribution in [2.45, 2.75) is 62.9 Å². The Morgan fingerprint density at radius 1 is 0.972 bits per heavy atom. The van der Waals surface area contributed by atoms with Gasteiger partial charge in [0.25, 0.3) is 0 Å². The van der Waals surface area contributed by atoms with Crippen molar-refractivity contribution in [3.8, 4) is 0 Å². The molecular formula is C29H41ClN4O2. The van der Waals surface area contributed by atoms with Gasteiger partial charge in [-0.25, -0.2) is 0 Å². The molecule has 196 valence electrons. The fraction of sp³-hybridized carbons (Fsp3) is 0.517. The van der Waals surface area contributed by atoms with E-state index in [4.69, 9.17) is 11.6 Å². The third-order valence-electron chi connectivity index (χ3n) is 7.42. The maximum atomic E-state index is 12.5. The van der Waals surface area contributed by atoms with Gasteiger partial charge in [0.1, 0.15) is 0 Å². The molecule has 0 aliphatic heterocycles. The number of carbonyl (C=O) groups is 2. The van der Waals surface area contributed by atoms with Gasteiger partial charge in [0.05, 0.1) is 0 Å². The van der Waals surface area contributed by atoms with E-state index in [0.717, 1.165) is 55.8 Å². The molecule has 0 spiro atoms. The quantitative estimate of drug-likeness (QED) is 0.406. The number of rotatable bonds is 12. The van der Waals surface area contributed by atoms with Gasteiger partial charge in [-0.05, 0) is 82.4 Å². The summed E-state index contributed by atoms with van der Waals surface area (Å²) in [6, 6.07) is 18.5. The number of nitrogens with zero attached hydrogens (tertiary/aromatic N) is 2. The minimum Gasteiger partial charge on any atom is -0.375 e. The van der Waals surface area contributed by atoms with Crippen molar-refractivity contribution in [2.75, 3.05) is 39.1 Å². The predicted octanol–water partition coefficient (Wildman–Crippen LogP) is 4.66. The fourth-order valence-electron chi connectivity index (χ4n) is 5.08. The van der Waals surface area contributed by atoms with Gasteiger partial charge in [0, 0.05) is 55.3 Å². The second-order valence-corrected chi connectivity index (χ2v) is 10.7. The lowest BCUT2D eigenvalue weighted by atomic mass is 9.75. The summed E-state index contributed by atoms with van der Waals surface area (Å²) in [6.07, 6.45) is 6.15. The summed E-state index contributed by atoms with van der Waals surface area (Å²) in [5, 5.41) is 6.87. The van der Waals surface area contributed by atoms with E-state index < -0.39 is 0 Å². The van der Waals surface area contributed by atoms with Crippen LogP contribution < -0.4 is 15.5 Å². The van der Waals surface area contributed by atoms with E-state index in [0.29, 0.717) is 6.54 Å². The molecule has 0 radical (unpaired) electrons. The minimum absolute atomic E-state index is 0.0360. The molecule has 0 saturated heterocycles. The molecule has 2 amide bonds. The van der Waals surface area contributed by atoms with E-state index in [-0.39, 0.29) is 36.2 Å². The van der Waals surface area contributed by atoms with Crippen LogP contribution in [0.3, 0.4) is 0 Å². The summed E-state index contributed by atoms with van der Waals surface area (Å²) in [5.74, 6) is -0.101. The summed E-state index contributed by atoms with van der Waals surface area (Å²) in [7, 11) is 6.33. The number of likely N-dealkylation sites (N-methyl/N-ethyl adjacent to an activating group) is 1. The molecule has 7 heteroatoms. The van der Waals surface area contributed by atoms with Gasteiger partial charge in [-0.15, -0.1) is 0 Å².